The quantitative estimate of drug-likeness (QED) is 0.901. The first-order valence-electron chi connectivity index (χ1n) is 7.05. The van der Waals surface area contributed by atoms with Crippen LogP contribution in [-0.4, -0.2) is 19.0 Å². The van der Waals surface area contributed by atoms with Crippen LogP contribution in [0.5, 0.6) is 0 Å². The van der Waals surface area contributed by atoms with Crippen molar-refractivity contribution in [3.05, 3.63) is 23.8 Å². The number of amides is 1. The van der Waals surface area contributed by atoms with Crippen molar-refractivity contribution in [1.29, 1.82) is 0 Å². The Bertz CT molecular complexity index is 494. The van der Waals surface area contributed by atoms with E-state index in [2.05, 4.69) is 50.2 Å². The highest BCUT2D eigenvalue weighted by Crippen LogP contribution is 2.45. The number of fused-ring (bicyclic) bond motifs is 1. The largest absolute Gasteiger partial charge is 0.371 e. The van der Waals surface area contributed by atoms with Crippen molar-refractivity contribution in [2.75, 3.05) is 17.3 Å². The van der Waals surface area contributed by atoms with Gasteiger partial charge in [-0.2, -0.15) is 0 Å². The van der Waals surface area contributed by atoms with E-state index in [1.807, 2.05) is 13.0 Å². The molecule has 1 aromatic rings. The zero-order valence-electron chi connectivity index (χ0n) is 12.6. The molecule has 1 N–H and O–H groups in total. The first-order valence-corrected chi connectivity index (χ1v) is 7.05. The van der Waals surface area contributed by atoms with Gasteiger partial charge in [-0.05, 0) is 31.0 Å². The molecule has 0 fully saturated rings. The van der Waals surface area contributed by atoms with E-state index in [1.54, 1.807) is 0 Å². The van der Waals surface area contributed by atoms with Gasteiger partial charge in [-0.15, -0.1) is 0 Å². The third kappa shape index (κ3) is 2.34. The molecule has 1 aliphatic rings. The molecule has 1 atom stereocenters. The van der Waals surface area contributed by atoms with E-state index in [0.29, 0.717) is 12.5 Å². The Morgan fingerprint density at radius 1 is 1.42 bits per heavy atom. The molecule has 0 spiro atoms. The Balaban J connectivity index is 2.29. The van der Waals surface area contributed by atoms with Crippen molar-refractivity contribution in [3.8, 4) is 0 Å². The van der Waals surface area contributed by atoms with E-state index in [-0.39, 0.29) is 11.3 Å². The van der Waals surface area contributed by atoms with Crippen LogP contribution in [-0.2, 0) is 10.2 Å². The summed E-state index contributed by atoms with van der Waals surface area (Å²) in [6, 6.07) is 6.72. The number of anilines is 2. The molecule has 0 bridgehead atoms. The van der Waals surface area contributed by atoms with Crippen LogP contribution in [0.25, 0.3) is 0 Å². The molecule has 3 heteroatoms. The first kappa shape index (κ1) is 13.9. The van der Waals surface area contributed by atoms with Gasteiger partial charge < -0.3 is 10.2 Å². The van der Waals surface area contributed by atoms with E-state index < -0.39 is 0 Å². The molecular formula is C16H24N2O. The van der Waals surface area contributed by atoms with Gasteiger partial charge in [0.05, 0.1) is 0 Å². The van der Waals surface area contributed by atoms with Crippen molar-refractivity contribution in [2.24, 2.45) is 0 Å². The number of nitrogens with zero attached hydrogens (tertiary/aromatic N) is 1. The van der Waals surface area contributed by atoms with Crippen molar-refractivity contribution in [2.45, 2.75) is 52.0 Å². The molecule has 2 rings (SSSR count). The maximum absolute atomic E-state index is 11.7. The van der Waals surface area contributed by atoms with Gasteiger partial charge in [0.25, 0.3) is 0 Å². The lowest BCUT2D eigenvalue weighted by Gasteiger charge is -2.28. The van der Waals surface area contributed by atoms with Crippen LogP contribution in [0.15, 0.2) is 18.2 Å². The molecular weight excluding hydrogens is 236 g/mol. The summed E-state index contributed by atoms with van der Waals surface area (Å²) in [5.74, 6) is 0.0930. The standard InChI is InChI=1S/C16H24N2O/c1-6-7-15(19)17-12-8-9-13-14(10-12)18(5)11(2)16(13,3)4/h8-11H,6-7H2,1-5H3,(H,17,19). The van der Waals surface area contributed by atoms with Gasteiger partial charge >= 0.3 is 0 Å². The second kappa shape index (κ2) is 4.87. The fourth-order valence-electron chi connectivity index (χ4n) is 2.81. The van der Waals surface area contributed by atoms with Crippen LogP contribution in [0.1, 0.15) is 46.1 Å². The summed E-state index contributed by atoms with van der Waals surface area (Å²) in [6.07, 6.45) is 1.45. The zero-order chi connectivity index (χ0) is 14.2. The number of hydrogen-bond donors (Lipinski definition) is 1. The summed E-state index contributed by atoms with van der Waals surface area (Å²) in [5, 5.41) is 2.97. The highest BCUT2D eigenvalue weighted by atomic mass is 16.1. The summed E-state index contributed by atoms with van der Waals surface area (Å²) in [5.41, 5.74) is 3.63. The molecule has 19 heavy (non-hydrogen) atoms. The Morgan fingerprint density at radius 2 is 2.11 bits per heavy atom. The number of benzene rings is 1. The summed E-state index contributed by atoms with van der Waals surface area (Å²) in [6.45, 7) is 8.81. The molecule has 1 amide bonds. The van der Waals surface area contributed by atoms with Crippen LogP contribution >= 0.6 is 0 Å². The molecule has 1 aromatic carbocycles. The average Bonchev–Trinajstić information content (AvgIpc) is 2.51. The van der Waals surface area contributed by atoms with Crippen LogP contribution in [0.3, 0.4) is 0 Å². The molecule has 0 radical (unpaired) electrons. The van der Waals surface area contributed by atoms with Crippen LogP contribution in [0, 0.1) is 0 Å². The Kier molecular flexibility index (Phi) is 3.57. The molecule has 1 heterocycles. The molecule has 0 aliphatic carbocycles. The third-order valence-electron chi connectivity index (χ3n) is 4.46. The highest BCUT2D eigenvalue weighted by molar-refractivity contribution is 5.91. The number of rotatable bonds is 3. The maximum atomic E-state index is 11.7. The van der Waals surface area contributed by atoms with E-state index in [1.165, 1.54) is 11.3 Å². The fraction of sp³-hybridized carbons (Fsp3) is 0.562. The number of carbonyl (C=O) groups excluding carboxylic acids is 1. The van der Waals surface area contributed by atoms with Gasteiger partial charge in [0.2, 0.25) is 5.91 Å². The normalized spacial score (nSPS) is 20.3. The summed E-state index contributed by atoms with van der Waals surface area (Å²) < 4.78 is 0. The summed E-state index contributed by atoms with van der Waals surface area (Å²) in [7, 11) is 2.12. The molecule has 1 aliphatic heterocycles. The predicted octanol–water partition coefficient (Wildman–Crippen LogP) is 3.54. The molecule has 0 saturated heterocycles. The number of carbonyl (C=O) groups is 1. The minimum absolute atomic E-state index is 0.0930. The summed E-state index contributed by atoms with van der Waals surface area (Å²) in [4.78, 5) is 14.0. The monoisotopic (exact) mass is 260 g/mol. The van der Waals surface area contributed by atoms with E-state index in [0.717, 1.165) is 12.1 Å². The maximum Gasteiger partial charge on any atom is 0.224 e. The van der Waals surface area contributed by atoms with Crippen LogP contribution < -0.4 is 10.2 Å². The van der Waals surface area contributed by atoms with Gasteiger partial charge in [0.15, 0.2) is 0 Å². The van der Waals surface area contributed by atoms with E-state index >= 15 is 0 Å². The highest BCUT2D eigenvalue weighted by Gasteiger charge is 2.40. The van der Waals surface area contributed by atoms with Crippen LogP contribution in [0.2, 0.25) is 0 Å². The SMILES string of the molecule is CCCC(=O)Nc1ccc2c(c1)N(C)C(C)C2(C)C. The van der Waals surface area contributed by atoms with Crippen molar-refractivity contribution < 1.29 is 4.79 Å². The average molecular weight is 260 g/mol. The van der Waals surface area contributed by atoms with Crippen molar-refractivity contribution in [1.82, 2.24) is 0 Å². The van der Waals surface area contributed by atoms with Gasteiger partial charge in [0.1, 0.15) is 0 Å². The van der Waals surface area contributed by atoms with Gasteiger partial charge in [-0.1, -0.05) is 26.8 Å². The molecule has 0 aromatic heterocycles. The second-order valence-electron chi connectivity index (χ2n) is 6.04. The van der Waals surface area contributed by atoms with Crippen LogP contribution in [0.4, 0.5) is 11.4 Å². The van der Waals surface area contributed by atoms with Gasteiger partial charge in [0, 0.05) is 36.3 Å². The van der Waals surface area contributed by atoms with E-state index in [9.17, 15) is 4.79 Å². The van der Waals surface area contributed by atoms with Crippen molar-refractivity contribution >= 4 is 17.3 Å². The summed E-state index contributed by atoms with van der Waals surface area (Å²) >= 11 is 0. The lowest BCUT2D eigenvalue weighted by Crippen LogP contribution is -2.36. The lowest BCUT2D eigenvalue weighted by molar-refractivity contribution is -0.116. The molecule has 104 valence electrons. The minimum Gasteiger partial charge on any atom is -0.371 e. The van der Waals surface area contributed by atoms with Crippen molar-refractivity contribution in [3.63, 3.8) is 0 Å². The topological polar surface area (TPSA) is 32.3 Å². The first-order chi connectivity index (χ1) is 8.87. The number of nitrogens with one attached hydrogen (secondary N) is 1. The Hall–Kier alpha value is -1.51. The fourth-order valence-corrected chi connectivity index (χ4v) is 2.81. The smallest absolute Gasteiger partial charge is 0.224 e. The number of hydrogen-bond acceptors (Lipinski definition) is 2. The molecule has 3 nitrogen and oxygen atoms in total. The van der Waals surface area contributed by atoms with E-state index in [4.69, 9.17) is 0 Å². The van der Waals surface area contributed by atoms with Gasteiger partial charge in [-0.3, -0.25) is 4.79 Å². The molecule has 0 saturated carbocycles. The minimum atomic E-state index is 0.0930. The van der Waals surface area contributed by atoms with Gasteiger partial charge in [-0.25, -0.2) is 0 Å². The Labute approximate surface area is 116 Å². The third-order valence-corrected chi connectivity index (χ3v) is 4.46. The molecule has 1 unspecified atom stereocenters. The zero-order valence-corrected chi connectivity index (χ0v) is 12.6. The number of likely N-dealkylation sites (N-methyl/N-ethyl adjacent to an activating group) is 1. The lowest BCUT2D eigenvalue weighted by atomic mass is 9.81. The predicted molar refractivity (Wildman–Crippen MR) is 80.9 cm³/mol. The second-order valence-corrected chi connectivity index (χ2v) is 6.04. The Morgan fingerprint density at radius 3 is 2.74 bits per heavy atom.